The Kier molecular flexibility index (Phi) is 7.53. The normalized spacial score (nSPS) is 11.1. The van der Waals surface area contributed by atoms with Gasteiger partial charge in [-0.05, 0) is 78.6 Å². The highest BCUT2D eigenvalue weighted by Gasteiger charge is 2.16. The van der Waals surface area contributed by atoms with Crippen LogP contribution in [-0.4, -0.2) is 14.3 Å². The van der Waals surface area contributed by atoms with Crippen LogP contribution >= 0.6 is 15.9 Å². The lowest BCUT2D eigenvalue weighted by Gasteiger charge is -2.13. The minimum absolute atomic E-state index is 0.196. The van der Waals surface area contributed by atoms with Crippen LogP contribution < -0.4 is 15.8 Å². The first-order chi connectivity index (χ1) is 16.8. The SMILES string of the molecule is Nc1ccccc1NC(=O)c1ccc(CCc2ccccc2NS(=O)(=O)c2ccc(Br)cc2)cc1. The van der Waals surface area contributed by atoms with E-state index in [0.717, 1.165) is 15.6 Å². The fraction of sp³-hybridized carbons (Fsp3) is 0.0741. The summed E-state index contributed by atoms with van der Waals surface area (Å²) in [5.74, 6) is -0.234. The fourth-order valence-electron chi connectivity index (χ4n) is 3.56. The zero-order valence-electron chi connectivity index (χ0n) is 18.7. The molecule has 8 heteroatoms. The molecule has 4 aromatic carbocycles. The van der Waals surface area contributed by atoms with Crippen LogP contribution in [-0.2, 0) is 22.9 Å². The number of hydrogen-bond donors (Lipinski definition) is 3. The van der Waals surface area contributed by atoms with Crippen molar-refractivity contribution in [3.05, 3.63) is 118 Å². The van der Waals surface area contributed by atoms with Crippen molar-refractivity contribution in [2.24, 2.45) is 0 Å². The number of rotatable bonds is 8. The molecule has 0 fully saturated rings. The standard InChI is InChI=1S/C27H24BrN3O3S/c28-22-15-17-23(18-16-22)35(33,34)31-25-7-3-1-5-20(25)12-9-19-10-13-21(14-11-19)27(32)30-26-8-4-2-6-24(26)29/h1-8,10-11,13-18,31H,9,12,29H2,(H,30,32). The molecule has 0 atom stereocenters. The minimum atomic E-state index is -3.70. The summed E-state index contributed by atoms with van der Waals surface area (Å²) in [7, 11) is -3.70. The number of carbonyl (C=O) groups is 1. The number of amides is 1. The highest BCUT2D eigenvalue weighted by molar-refractivity contribution is 9.10. The molecule has 178 valence electrons. The summed E-state index contributed by atoms with van der Waals surface area (Å²) in [6.45, 7) is 0. The van der Waals surface area contributed by atoms with Crippen LogP contribution in [0.5, 0.6) is 0 Å². The second kappa shape index (κ2) is 10.8. The van der Waals surface area contributed by atoms with Crippen molar-refractivity contribution in [1.29, 1.82) is 0 Å². The Bertz CT molecular complexity index is 1440. The molecule has 4 aromatic rings. The predicted molar refractivity (Wildman–Crippen MR) is 144 cm³/mol. The maximum absolute atomic E-state index is 12.8. The van der Waals surface area contributed by atoms with Crippen LogP contribution in [0.1, 0.15) is 21.5 Å². The number of nitrogen functional groups attached to an aromatic ring is 1. The molecule has 35 heavy (non-hydrogen) atoms. The molecule has 0 saturated carbocycles. The average molecular weight is 550 g/mol. The average Bonchev–Trinajstić information content (AvgIpc) is 2.85. The molecule has 4 N–H and O–H groups in total. The predicted octanol–water partition coefficient (Wildman–Crippen LogP) is 5.87. The smallest absolute Gasteiger partial charge is 0.261 e. The molecule has 6 nitrogen and oxygen atoms in total. The second-order valence-electron chi connectivity index (χ2n) is 7.95. The molecule has 0 aromatic heterocycles. The Morgan fingerprint density at radius 3 is 2.09 bits per heavy atom. The van der Waals surface area contributed by atoms with Gasteiger partial charge in [-0.15, -0.1) is 0 Å². The molecule has 0 radical (unpaired) electrons. The van der Waals surface area contributed by atoms with Crippen LogP contribution in [0.4, 0.5) is 17.1 Å². The first-order valence-electron chi connectivity index (χ1n) is 10.9. The zero-order valence-corrected chi connectivity index (χ0v) is 21.1. The molecule has 4 rings (SSSR count). The third kappa shape index (κ3) is 6.29. The molecule has 0 unspecified atom stereocenters. The highest BCUT2D eigenvalue weighted by atomic mass is 79.9. The van der Waals surface area contributed by atoms with Crippen molar-refractivity contribution >= 4 is 48.9 Å². The molecule has 0 spiro atoms. The van der Waals surface area contributed by atoms with Gasteiger partial charge in [-0.1, -0.05) is 58.4 Å². The first-order valence-corrected chi connectivity index (χ1v) is 13.2. The lowest BCUT2D eigenvalue weighted by molar-refractivity contribution is 0.102. The molecule has 0 saturated heterocycles. The summed E-state index contributed by atoms with van der Waals surface area (Å²) in [6, 6.07) is 28.3. The van der Waals surface area contributed by atoms with E-state index in [-0.39, 0.29) is 10.8 Å². The topological polar surface area (TPSA) is 101 Å². The molecular weight excluding hydrogens is 526 g/mol. The van der Waals surface area contributed by atoms with Gasteiger partial charge in [-0.25, -0.2) is 8.42 Å². The van der Waals surface area contributed by atoms with Gasteiger partial charge in [0, 0.05) is 10.0 Å². The first kappa shape index (κ1) is 24.5. The molecular formula is C27H24BrN3O3S. The van der Waals surface area contributed by atoms with Gasteiger partial charge >= 0.3 is 0 Å². The molecule has 0 aliphatic carbocycles. The number of nitrogens with one attached hydrogen (secondary N) is 2. The van der Waals surface area contributed by atoms with Gasteiger partial charge in [0.25, 0.3) is 15.9 Å². The van der Waals surface area contributed by atoms with E-state index < -0.39 is 10.0 Å². The number of carbonyl (C=O) groups excluding carboxylic acids is 1. The Balaban J connectivity index is 1.42. The summed E-state index contributed by atoms with van der Waals surface area (Å²) in [6.07, 6.45) is 1.32. The van der Waals surface area contributed by atoms with Crippen molar-refractivity contribution in [3.63, 3.8) is 0 Å². The summed E-state index contributed by atoms with van der Waals surface area (Å²) in [4.78, 5) is 12.7. The highest BCUT2D eigenvalue weighted by Crippen LogP contribution is 2.23. The van der Waals surface area contributed by atoms with Crippen LogP contribution in [0.25, 0.3) is 0 Å². The van der Waals surface area contributed by atoms with Crippen molar-refractivity contribution < 1.29 is 13.2 Å². The van der Waals surface area contributed by atoms with Gasteiger partial charge in [0.1, 0.15) is 0 Å². The fourth-order valence-corrected chi connectivity index (χ4v) is 4.93. The summed E-state index contributed by atoms with van der Waals surface area (Å²) in [5.41, 5.74) is 9.97. The second-order valence-corrected chi connectivity index (χ2v) is 10.6. The Morgan fingerprint density at radius 2 is 1.40 bits per heavy atom. The molecule has 1 amide bonds. The monoisotopic (exact) mass is 549 g/mol. The van der Waals surface area contributed by atoms with E-state index in [4.69, 9.17) is 5.73 Å². The zero-order chi connectivity index (χ0) is 24.8. The number of benzene rings is 4. The number of sulfonamides is 1. The Hall–Kier alpha value is -3.62. The molecule has 0 bridgehead atoms. The van der Waals surface area contributed by atoms with Crippen molar-refractivity contribution in [3.8, 4) is 0 Å². The van der Waals surface area contributed by atoms with Crippen molar-refractivity contribution in [2.75, 3.05) is 15.8 Å². The quantitative estimate of drug-likeness (QED) is 0.239. The number of aryl methyl sites for hydroxylation is 2. The minimum Gasteiger partial charge on any atom is -0.397 e. The summed E-state index contributed by atoms with van der Waals surface area (Å²) < 4.78 is 29.2. The lowest BCUT2D eigenvalue weighted by Crippen LogP contribution is -2.14. The van der Waals surface area contributed by atoms with Gasteiger partial charge in [0.05, 0.1) is 22.0 Å². The largest absolute Gasteiger partial charge is 0.397 e. The van der Waals surface area contributed by atoms with Crippen molar-refractivity contribution in [2.45, 2.75) is 17.7 Å². The van der Waals surface area contributed by atoms with Gasteiger partial charge in [0.2, 0.25) is 0 Å². The maximum atomic E-state index is 12.8. The number of halogens is 1. The molecule has 0 aliphatic rings. The molecule has 0 heterocycles. The van der Waals surface area contributed by atoms with E-state index in [0.29, 0.717) is 35.5 Å². The van der Waals surface area contributed by atoms with E-state index in [9.17, 15) is 13.2 Å². The third-order valence-corrected chi connectivity index (χ3v) is 7.40. The van der Waals surface area contributed by atoms with Gasteiger partial charge < -0.3 is 11.1 Å². The van der Waals surface area contributed by atoms with E-state index in [2.05, 4.69) is 26.0 Å². The number of hydrogen-bond acceptors (Lipinski definition) is 4. The number of anilines is 3. The van der Waals surface area contributed by atoms with E-state index >= 15 is 0 Å². The van der Waals surface area contributed by atoms with Gasteiger partial charge in [-0.3, -0.25) is 9.52 Å². The summed E-state index contributed by atoms with van der Waals surface area (Å²) in [5, 5.41) is 2.82. The van der Waals surface area contributed by atoms with Crippen LogP contribution in [0.2, 0.25) is 0 Å². The van der Waals surface area contributed by atoms with E-state index in [1.165, 1.54) is 0 Å². The maximum Gasteiger partial charge on any atom is 0.261 e. The Labute approximate surface area is 213 Å². The lowest BCUT2D eigenvalue weighted by atomic mass is 10.0. The van der Waals surface area contributed by atoms with Crippen LogP contribution in [0.3, 0.4) is 0 Å². The van der Waals surface area contributed by atoms with Gasteiger partial charge in [-0.2, -0.15) is 0 Å². The third-order valence-electron chi connectivity index (χ3n) is 5.49. The Morgan fingerprint density at radius 1 is 0.771 bits per heavy atom. The van der Waals surface area contributed by atoms with Crippen molar-refractivity contribution in [1.82, 2.24) is 0 Å². The van der Waals surface area contributed by atoms with Crippen LogP contribution in [0, 0.1) is 0 Å². The van der Waals surface area contributed by atoms with E-state index in [1.807, 2.05) is 36.4 Å². The number of para-hydroxylation sites is 3. The van der Waals surface area contributed by atoms with E-state index in [1.54, 1.807) is 60.7 Å². The van der Waals surface area contributed by atoms with Crippen LogP contribution in [0.15, 0.2) is 106 Å². The van der Waals surface area contributed by atoms with Gasteiger partial charge in [0.15, 0.2) is 0 Å². The molecule has 0 aliphatic heterocycles. The summed E-state index contributed by atoms with van der Waals surface area (Å²) >= 11 is 3.32. The number of nitrogens with two attached hydrogens (primary N) is 1.